The maximum atomic E-state index is 13.8. The Kier molecular flexibility index (Phi) is 12.3. The topological polar surface area (TPSA) is 121 Å². The van der Waals surface area contributed by atoms with E-state index in [0.29, 0.717) is 37.5 Å². The van der Waals surface area contributed by atoms with Crippen molar-refractivity contribution in [3.8, 4) is 6.07 Å². The van der Waals surface area contributed by atoms with Gasteiger partial charge >= 0.3 is 5.97 Å². The molecule has 10 nitrogen and oxygen atoms in total. The standard InChI is InChI=1S/C33H46N6O4S/c1-5-25-12-15-39(30(40)17-27-19-35-22-38(27)20-24-9-7-23(18-34)8-10-24)29(25)21-37-14-11-26(6-2)31(37)32(41)36-28(13-16-44-4)33(42)43-3/h7-10,19,22,25-26,28-29,31H,5-6,11-17,20-21H2,1-4H3,(H,36,41)/t25-,26-,28-,29+,31-/m0/s1. The van der Waals surface area contributed by atoms with Crippen LogP contribution in [0.25, 0.3) is 0 Å². The molecule has 2 aliphatic heterocycles. The highest BCUT2D eigenvalue weighted by atomic mass is 32.2. The first-order valence-electron chi connectivity index (χ1n) is 15.7. The van der Waals surface area contributed by atoms with Crippen molar-refractivity contribution in [2.45, 2.75) is 77.0 Å². The van der Waals surface area contributed by atoms with Crippen LogP contribution in [0.4, 0.5) is 0 Å². The molecule has 44 heavy (non-hydrogen) atoms. The molecule has 1 N–H and O–H groups in total. The molecule has 238 valence electrons. The molecule has 0 aliphatic carbocycles. The van der Waals surface area contributed by atoms with Crippen molar-refractivity contribution in [2.75, 3.05) is 38.8 Å². The number of esters is 1. The van der Waals surface area contributed by atoms with E-state index in [1.165, 1.54) is 7.11 Å². The summed E-state index contributed by atoms with van der Waals surface area (Å²) in [6, 6.07) is 8.60. The lowest BCUT2D eigenvalue weighted by Gasteiger charge is -2.35. The van der Waals surface area contributed by atoms with E-state index in [1.807, 2.05) is 27.9 Å². The zero-order valence-corrected chi connectivity index (χ0v) is 27.2. The van der Waals surface area contributed by atoms with Crippen molar-refractivity contribution >= 4 is 29.5 Å². The number of ether oxygens (including phenoxy) is 1. The van der Waals surface area contributed by atoms with Gasteiger partial charge in [-0.15, -0.1) is 0 Å². The van der Waals surface area contributed by atoms with Crippen LogP contribution in [0.15, 0.2) is 36.8 Å². The minimum absolute atomic E-state index is 0.0150. The third-order valence-corrected chi connectivity index (χ3v) is 10.00. The second-order valence-electron chi connectivity index (χ2n) is 11.9. The van der Waals surface area contributed by atoms with Gasteiger partial charge < -0.3 is 19.5 Å². The monoisotopic (exact) mass is 622 g/mol. The van der Waals surface area contributed by atoms with Gasteiger partial charge in [0.2, 0.25) is 11.8 Å². The van der Waals surface area contributed by atoms with Crippen LogP contribution in [0.3, 0.4) is 0 Å². The number of rotatable bonds is 14. The van der Waals surface area contributed by atoms with Crippen LogP contribution < -0.4 is 5.32 Å². The molecule has 1 aromatic heterocycles. The van der Waals surface area contributed by atoms with Crippen molar-refractivity contribution in [2.24, 2.45) is 11.8 Å². The number of amides is 2. The minimum atomic E-state index is -0.665. The summed E-state index contributed by atoms with van der Waals surface area (Å²) in [4.78, 5) is 48.6. The lowest BCUT2D eigenvalue weighted by atomic mass is 9.94. The van der Waals surface area contributed by atoms with Crippen LogP contribution in [-0.4, -0.2) is 94.0 Å². The first-order chi connectivity index (χ1) is 21.3. The molecular weight excluding hydrogens is 576 g/mol. The number of aromatic nitrogens is 2. The predicted octanol–water partition coefficient (Wildman–Crippen LogP) is 3.48. The number of likely N-dealkylation sites (tertiary alicyclic amines) is 2. The van der Waals surface area contributed by atoms with Crippen molar-refractivity contribution < 1.29 is 19.1 Å². The molecule has 0 spiro atoms. The third kappa shape index (κ3) is 8.02. The second-order valence-corrected chi connectivity index (χ2v) is 12.9. The van der Waals surface area contributed by atoms with Crippen LogP contribution in [0.1, 0.15) is 62.8 Å². The van der Waals surface area contributed by atoms with Crippen LogP contribution in [0, 0.1) is 23.2 Å². The smallest absolute Gasteiger partial charge is 0.328 e. The Labute approximate surface area is 265 Å². The van der Waals surface area contributed by atoms with Gasteiger partial charge in [-0.2, -0.15) is 17.0 Å². The molecule has 0 radical (unpaired) electrons. The second kappa shape index (κ2) is 16.1. The fourth-order valence-corrected chi connectivity index (χ4v) is 7.26. The SMILES string of the molecule is CC[C@H]1CCN(C[C@@H]2[C@@H](CC)CCN2C(=O)Cc2cncn2Cc2ccc(C#N)cc2)[C@@H]1C(=O)N[C@@H](CCSC)C(=O)OC. The van der Waals surface area contributed by atoms with E-state index >= 15 is 0 Å². The van der Waals surface area contributed by atoms with Gasteiger partial charge in [0.05, 0.1) is 37.5 Å². The highest BCUT2D eigenvalue weighted by Crippen LogP contribution is 2.33. The van der Waals surface area contributed by atoms with Crippen LogP contribution >= 0.6 is 11.8 Å². The third-order valence-electron chi connectivity index (χ3n) is 9.35. The molecule has 5 atom stereocenters. The number of hydrogen-bond acceptors (Lipinski definition) is 8. The number of benzene rings is 1. The molecule has 2 fully saturated rings. The van der Waals surface area contributed by atoms with E-state index in [0.717, 1.165) is 49.2 Å². The molecule has 0 unspecified atom stereocenters. The van der Waals surface area contributed by atoms with Gasteiger partial charge in [-0.05, 0) is 67.3 Å². The largest absolute Gasteiger partial charge is 0.467 e. The number of carbonyl (C=O) groups is 3. The number of hydrogen-bond donors (Lipinski definition) is 1. The van der Waals surface area contributed by atoms with E-state index in [2.05, 4.69) is 35.1 Å². The minimum Gasteiger partial charge on any atom is -0.467 e. The summed E-state index contributed by atoms with van der Waals surface area (Å²) >= 11 is 1.63. The summed E-state index contributed by atoms with van der Waals surface area (Å²) in [6.45, 7) is 6.98. The van der Waals surface area contributed by atoms with Gasteiger partial charge in [0, 0.05) is 37.6 Å². The van der Waals surface area contributed by atoms with Crippen LogP contribution in [0.5, 0.6) is 0 Å². The highest BCUT2D eigenvalue weighted by Gasteiger charge is 2.44. The number of nitriles is 1. The fraction of sp³-hybridized carbons (Fsp3) is 0.606. The van der Waals surface area contributed by atoms with E-state index in [1.54, 1.807) is 36.4 Å². The van der Waals surface area contributed by atoms with E-state index in [9.17, 15) is 14.4 Å². The maximum absolute atomic E-state index is 13.8. The number of thioether (sulfide) groups is 1. The summed E-state index contributed by atoms with van der Waals surface area (Å²) in [7, 11) is 1.36. The number of methoxy groups -OCH3 is 1. The zero-order chi connectivity index (χ0) is 31.6. The molecule has 2 aliphatic rings. The Morgan fingerprint density at radius 1 is 1.14 bits per heavy atom. The lowest BCUT2D eigenvalue weighted by Crippen LogP contribution is -2.54. The molecule has 2 amide bonds. The summed E-state index contributed by atoms with van der Waals surface area (Å²) in [5, 5.41) is 12.1. The first kappa shape index (κ1) is 33.5. The zero-order valence-electron chi connectivity index (χ0n) is 26.4. The Hall–Kier alpha value is -3.36. The number of carbonyl (C=O) groups excluding carboxylic acids is 3. The molecule has 3 heterocycles. The summed E-state index contributed by atoms with van der Waals surface area (Å²) < 4.78 is 6.97. The molecule has 0 bridgehead atoms. The van der Waals surface area contributed by atoms with E-state index in [4.69, 9.17) is 10.00 Å². The van der Waals surface area contributed by atoms with Gasteiger partial charge in [0.25, 0.3) is 0 Å². The Bertz CT molecular complexity index is 1310. The van der Waals surface area contributed by atoms with Gasteiger partial charge in [-0.3, -0.25) is 14.5 Å². The average Bonchev–Trinajstić information content (AvgIpc) is 3.77. The lowest BCUT2D eigenvalue weighted by molar-refractivity contribution is -0.146. The normalized spacial score (nSPS) is 22.5. The Morgan fingerprint density at radius 2 is 1.86 bits per heavy atom. The van der Waals surface area contributed by atoms with Gasteiger partial charge in [-0.25, -0.2) is 9.78 Å². The quantitative estimate of drug-likeness (QED) is 0.318. The molecule has 2 saturated heterocycles. The molecule has 11 heteroatoms. The fourth-order valence-electron chi connectivity index (χ4n) is 6.79. The Morgan fingerprint density at radius 3 is 2.52 bits per heavy atom. The summed E-state index contributed by atoms with van der Waals surface area (Å²) in [5.74, 6) is 0.827. The number of nitrogens with zero attached hydrogens (tertiary/aromatic N) is 5. The van der Waals surface area contributed by atoms with E-state index < -0.39 is 12.0 Å². The summed E-state index contributed by atoms with van der Waals surface area (Å²) in [6.07, 6.45) is 9.94. The average molecular weight is 623 g/mol. The maximum Gasteiger partial charge on any atom is 0.328 e. The van der Waals surface area contributed by atoms with Crippen molar-refractivity contribution in [1.82, 2.24) is 24.7 Å². The van der Waals surface area contributed by atoms with E-state index in [-0.39, 0.29) is 36.2 Å². The molecule has 1 aromatic carbocycles. The molecule has 0 saturated carbocycles. The van der Waals surface area contributed by atoms with Gasteiger partial charge in [0.1, 0.15) is 6.04 Å². The van der Waals surface area contributed by atoms with Crippen LogP contribution in [0.2, 0.25) is 0 Å². The van der Waals surface area contributed by atoms with Crippen molar-refractivity contribution in [1.29, 1.82) is 5.26 Å². The van der Waals surface area contributed by atoms with Gasteiger partial charge in [-0.1, -0.05) is 38.8 Å². The predicted molar refractivity (Wildman–Crippen MR) is 171 cm³/mol. The van der Waals surface area contributed by atoms with Crippen molar-refractivity contribution in [3.05, 3.63) is 53.6 Å². The summed E-state index contributed by atoms with van der Waals surface area (Å²) in [5.41, 5.74) is 2.50. The molecular formula is C33H46N6O4S. The number of imidazole rings is 1. The Balaban J connectivity index is 1.46. The van der Waals surface area contributed by atoms with Crippen molar-refractivity contribution in [3.63, 3.8) is 0 Å². The van der Waals surface area contributed by atoms with Gasteiger partial charge in [0.15, 0.2) is 0 Å². The first-order valence-corrected chi connectivity index (χ1v) is 17.1. The highest BCUT2D eigenvalue weighted by molar-refractivity contribution is 7.98. The number of nitrogens with one attached hydrogen (secondary N) is 1. The van der Waals surface area contributed by atoms with Crippen LogP contribution in [-0.2, 0) is 32.1 Å². The molecule has 4 rings (SSSR count). The molecule has 2 aromatic rings.